The Kier molecular flexibility index (Phi) is 5.06. The first-order valence-corrected chi connectivity index (χ1v) is 9.32. The number of benzene rings is 1. The highest BCUT2D eigenvalue weighted by Crippen LogP contribution is 2.45. The Morgan fingerprint density at radius 3 is 2.74 bits per heavy atom. The number of thiophene rings is 1. The van der Waals surface area contributed by atoms with E-state index in [4.69, 9.17) is 0 Å². The number of rotatable bonds is 4. The normalized spacial score (nSPS) is 21.4. The Morgan fingerprint density at radius 1 is 1.26 bits per heavy atom. The Hall–Kier alpha value is -1.34. The summed E-state index contributed by atoms with van der Waals surface area (Å²) in [5.74, 6) is -0.222. The minimum absolute atomic E-state index is 0.222. The molecule has 0 aliphatic carbocycles. The fraction of sp³-hybridized carbons (Fsp3) is 0.353. The Morgan fingerprint density at radius 2 is 2.04 bits per heavy atom. The molecule has 1 aliphatic heterocycles. The van der Waals surface area contributed by atoms with E-state index in [0.717, 1.165) is 22.7 Å². The number of thioether (sulfide) groups is 1. The van der Waals surface area contributed by atoms with E-state index in [1.807, 2.05) is 60.1 Å². The molecule has 0 radical (unpaired) electrons. The topological polar surface area (TPSA) is 43.8 Å². The summed E-state index contributed by atoms with van der Waals surface area (Å²) in [5.41, 5.74) is 1.89. The van der Waals surface area contributed by atoms with Crippen molar-refractivity contribution in [1.29, 1.82) is 0 Å². The van der Waals surface area contributed by atoms with E-state index in [2.05, 4.69) is 0 Å². The average molecular weight is 348 g/mol. The van der Waals surface area contributed by atoms with Crippen LogP contribution in [0.1, 0.15) is 10.8 Å². The molecule has 6 heteroatoms. The molecule has 0 unspecified atom stereocenters. The van der Waals surface area contributed by atoms with Gasteiger partial charge in [0.05, 0.1) is 10.9 Å². The number of anilines is 1. The Bertz CT molecular complexity index is 673. The summed E-state index contributed by atoms with van der Waals surface area (Å²) < 4.78 is 0. The second-order valence-electron chi connectivity index (χ2n) is 5.80. The molecule has 1 aliphatic rings. The second-order valence-corrected chi connectivity index (χ2v) is 7.76. The van der Waals surface area contributed by atoms with E-state index in [9.17, 15) is 9.90 Å². The third kappa shape index (κ3) is 3.45. The van der Waals surface area contributed by atoms with Crippen LogP contribution in [0.4, 0.5) is 5.69 Å². The number of hydrogen-bond donors (Lipinski definition) is 1. The molecule has 1 aromatic heterocycles. The zero-order valence-corrected chi connectivity index (χ0v) is 14.8. The van der Waals surface area contributed by atoms with Crippen LogP contribution >= 0.6 is 23.1 Å². The van der Waals surface area contributed by atoms with Crippen LogP contribution in [-0.2, 0) is 4.79 Å². The number of nitrogens with zero attached hydrogens (tertiary/aromatic N) is 2. The molecule has 0 spiro atoms. The van der Waals surface area contributed by atoms with Gasteiger partial charge < -0.3 is 14.9 Å². The lowest BCUT2D eigenvalue weighted by Gasteiger charge is -2.26. The predicted octanol–water partition coefficient (Wildman–Crippen LogP) is 2.85. The van der Waals surface area contributed by atoms with E-state index in [1.165, 1.54) is 0 Å². The first-order chi connectivity index (χ1) is 11.1. The lowest BCUT2D eigenvalue weighted by Crippen LogP contribution is -2.43. The van der Waals surface area contributed by atoms with Gasteiger partial charge in [-0.3, -0.25) is 4.79 Å². The first-order valence-electron chi connectivity index (χ1n) is 7.50. The maximum absolute atomic E-state index is 12.9. The van der Waals surface area contributed by atoms with Crippen molar-refractivity contribution in [3.63, 3.8) is 0 Å². The molecule has 0 fully saturated rings. The van der Waals surface area contributed by atoms with Gasteiger partial charge in [-0.05, 0) is 48.6 Å². The molecule has 122 valence electrons. The zero-order chi connectivity index (χ0) is 16.4. The van der Waals surface area contributed by atoms with Gasteiger partial charge >= 0.3 is 0 Å². The fourth-order valence-electron chi connectivity index (χ4n) is 2.61. The van der Waals surface area contributed by atoms with Gasteiger partial charge in [0.25, 0.3) is 5.91 Å². The molecule has 2 heterocycles. The Balaban J connectivity index is 1.99. The maximum Gasteiger partial charge on any atom is 0.257 e. The first kappa shape index (κ1) is 16.5. The van der Waals surface area contributed by atoms with E-state index >= 15 is 0 Å². The molecular formula is C17H20N2O2S2. The summed E-state index contributed by atoms with van der Waals surface area (Å²) in [4.78, 5) is 17.7. The molecule has 23 heavy (non-hydrogen) atoms. The molecule has 1 amide bonds. The van der Waals surface area contributed by atoms with Crippen LogP contribution in [0, 0.1) is 0 Å². The van der Waals surface area contributed by atoms with Crippen LogP contribution in [-0.4, -0.2) is 49.2 Å². The number of aliphatic hydroxyl groups is 1. The third-order valence-electron chi connectivity index (χ3n) is 3.86. The van der Waals surface area contributed by atoms with Crippen molar-refractivity contribution in [2.75, 3.05) is 32.1 Å². The number of carbonyl (C=O) groups excluding carboxylic acids is 1. The predicted molar refractivity (Wildman–Crippen MR) is 96.3 cm³/mol. The number of fused-ring (bicyclic) bond motifs is 1. The lowest BCUT2D eigenvalue weighted by molar-refractivity contribution is -0.126. The molecule has 1 aromatic carbocycles. The minimum Gasteiger partial charge on any atom is -0.382 e. The van der Waals surface area contributed by atoms with Crippen LogP contribution < -0.4 is 4.90 Å². The van der Waals surface area contributed by atoms with Crippen molar-refractivity contribution in [3.05, 3.63) is 46.7 Å². The van der Waals surface area contributed by atoms with Crippen molar-refractivity contribution in [2.45, 2.75) is 16.2 Å². The number of likely N-dealkylation sites (N-methyl/N-ethyl adjacent to an activating group) is 1. The van der Waals surface area contributed by atoms with Crippen molar-refractivity contribution in [1.82, 2.24) is 4.90 Å². The maximum atomic E-state index is 12.9. The summed E-state index contributed by atoms with van der Waals surface area (Å²) in [7, 11) is 3.96. The molecule has 0 saturated heterocycles. The van der Waals surface area contributed by atoms with Crippen LogP contribution in [0.3, 0.4) is 0 Å². The molecule has 0 bridgehead atoms. The molecule has 2 atom stereocenters. The van der Waals surface area contributed by atoms with Crippen LogP contribution in [0.25, 0.3) is 0 Å². The number of aliphatic hydroxyl groups excluding tert-OH is 1. The van der Waals surface area contributed by atoms with Crippen LogP contribution in [0.15, 0.2) is 46.0 Å². The lowest BCUT2D eigenvalue weighted by atomic mass is 10.1. The van der Waals surface area contributed by atoms with Gasteiger partial charge in [-0.25, -0.2) is 0 Å². The van der Waals surface area contributed by atoms with Crippen molar-refractivity contribution in [2.24, 2.45) is 0 Å². The largest absolute Gasteiger partial charge is 0.382 e. The monoisotopic (exact) mass is 348 g/mol. The van der Waals surface area contributed by atoms with E-state index in [-0.39, 0.29) is 11.2 Å². The van der Waals surface area contributed by atoms with Gasteiger partial charge in [0, 0.05) is 18.0 Å². The standard InChI is InChI=1S/C17H20N2O2S2/c1-18(2)8-9-19-13-5-3-4-6-14(13)23-16(15(20)17(19)21)12-7-10-22-11-12/h3-7,10-11,15-16,20H,8-9H2,1-2H3/t15-,16+/m1/s1. The summed E-state index contributed by atoms with van der Waals surface area (Å²) >= 11 is 3.15. The molecule has 0 saturated carbocycles. The van der Waals surface area contributed by atoms with Gasteiger partial charge in [0.15, 0.2) is 0 Å². The highest BCUT2D eigenvalue weighted by molar-refractivity contribution is 7.99. The van der Waals surface area contributed by atoms with Gasteiger partial charge in [0.1, 0.15) is 6.10 Å². The molecule has 2 aromatic rings. The summed E-state index contributed by atoms with van der Waals surface area (Å²) in [6, 6.07) is 9.87. The Labute approximate surface area is 144 Å². The van der Waals surface area contributed by atoms with E-state index < -0.39 is 6.10 Å². The summed E-state index contributed by atoms with van der Waals surface area (Å²) in [6.45, 7) is 1.32. The van der Waals surface area contributed by atoms with Gasteiger partial charge in [-0.15, -0.1) is 11.8 Å². The number of carbonyl (C=O) groups is 1. The van der Waals surface area contributed by atoms with Gasteiger partial charge in [-0.1, -0.05) is 12.1 Å². The van der Waals surface area contributed by atoms with E-state index in [0.29, 0.717) is 6.54 Å². The molecule has 4 nitrogen and oxygen atoms in total. The van der Waals surface area contributed by atoms with Crippen LogP contribution in [0.5, 0.6) is 0 Å². The van der Waals surface area contributed by atoms with Gasteiger partial charge in [0.2, 0.25) is 0 Å². The zero-order valence-electron chi connectivity index (χ0n) is 13.2. The SMILES string of the molecule is CN(C)CCN1C(=O)[C@H](O)[C@H](c2ccsc2)Sc2ccccc21. The molecule has 1 N–H and O–H groups in total. The number of hydrogen-bond acceptors (Lipinski definition) is 5. The summed E-state index contributed by atoms with van der Waals surface area (Å²) in [5, 5.41) is 14.4. The third-order valence-corrected chi connectivity index (χ3v) is 5.94. The molecule has 3 rings (SSSR count). The second kappa shape index (κ2) is 7.05. The average Bonchev–Trinajstić information content (AvgIpc) is 3.03. The van der Waals surface area contributed by atoms with Gasteiger partial charge in [-0.2, -0.15) is 11.3 Å². The van der Waals surface area contributed by atoms with Crippen molar-refractivity contribution < 1.29 is 9.90 Å². The van der Waals surface area contributed by atoms with Crippen LogP contribution in [0.2, 0.25) is 0 Å². The van der Waals surface area contributed by atoms with Crippen molar-refractivity contribution in [3.8, 4) is 0 Å². The fourth-order valence-corrected chi connectivity index (χ4v) is 4.65. The van der Waals surface area contributed by atoms with E-state index in [1.54, 1.807) is 28.0 Å². The molecular weight excluding hydrogens is 328 g/mol. The quantitative estimate of drug-likeness (QED) is 0.923. The van der Waals surface area contributed by atoms with Crippen molar-refractivity contribution >= 4 is 34.7 Å². The minimum atomic E-state index is -1.04. The number of amides is 1. The highest BCUT2D eigenvalue weighted by atomic mass is 32.2. The highest BCUT2D eigenvalue weighted by Gasteiger charge is 2.37. The summed E-state index contributed by atoms with van der Waals surface area (Å²) in [6.07, 6.45) is -1.04. The number of para-hydroxylation sites is 1. The smallest absolute Gasteiger partial charge is 0.257 e.